The molecule has 2 atom stereocenters. The highest BCUT2D eigenvalue weighted by Gasteiger charge is 2.40. The Labute approximate surface area is 158 Å². The molecule has 4 N–H and O–H groups in total. The first-order valence-electron chi connectivity index (χ1n) is 9.74. The van der Waals surface area contributed by atoms with Crippen LogP contribution in [0.3, 0.4) is 0 Å². The van der Waals surface area contributed by atoms with Crippen molar-refractivity contribution >= 4 is 23.8 Å². The van der Waals surface area contributed by atoms with E-state index in [0.29, 0.717) is 19.3 Å². The van der Waals surface area contributed by atoms with Gasteiger partial charge in [-0.2, -0.15) is 0 Å². The van der Waals surface area contributed by atoms with E-state index in [1.807, 2.05) is 0 Å². The van der Waals surface area contributed by atoms with Gasteiger partial charge in [0.2, 0.25) is 0 Å². The van der Waals surface area contributed by atoms with E-state index in [4.69, 9.17) is 5.11 Å². The van der Waals surface area contributed by atoms with E-state index < -0.39 is 36.0 Å². The summed E-state index contributed by atoms with van der Waals surface area (Å²) in [5.41, 5.74) is 2.41. The van der Waals surface area contributed by atoms with Crippen molar-refractivity contribution in [3.8, 4) is 0 Å². The van der Waals surface area contributed by atoms with Gasteiger partial charge in [0.25, 0.3) is 11.8 Å². The molecule has 152 valence electrons. The summed E-state index contributed by atoms with van der Waals surface area (Å²) in [6.45, 7) is 0. The van der Waals surface area contributed by atoms with Gasteiger partial charge in [-0.25, -0.2) is 9.80 Å². The molecule has 2 rings (SSSR count). The summed E-state index contributed by atoms with van der Waals surface area (Å²) in [5.74, 6) is -2.08. The highest BCUT2D eigenvalue weighted by molar-refractivity contribution is 6.04. The smallest absolute Gasteiger partial charge is 0.343 e. The van der Waals surface area contributed by atoms with Crippen LogP contribution in [0.4, 0.5) is 4.79 Å². The van der Waals surface area contributed by atoms with Crippen molar-refractivity contribution in [3.63, 3.8) is 0 Å². The Hall–Kier alpha value is -2.16. The summed E-state index contributed by atoms with van der Waals surface area (Å²) < 4.78 is 0. The zero-order valence-electron chi connectivity index (χ0n) is 15.5. The number of nitrogens with zero attached hydrogens (tertiary/aromatic N) is 1. The lowest BCUT2D eigenvalue weighted by Gasteiger charge is -2.28. The normalized spacial score (nSPS) is 21.8. The van der Waals surface area contributed by atoms with Crippen molar-refractivity contribution in [2.45, 2.75) is 82.8 Å². The number of hydrazine groups is 1. The van der Waals surface area contributed by atoms with E-state index in [2.05, 4.69) is 10.7 Å². The second-order valence-electron chi connectivity index (χ2n) is 7.35. The molecule has 27 heavy (non-hydrogen) atoms. The summed E-state index contributed by atoms with van der Waals surface area (Å²) in [7, 11) is 0. The van der Waals surface area contributed by atoms with E-state index in [0.717, 1.165) is 50.0 Å². The molecular formula is C18H29N3O6. The zero-order valence-corrected chi connectivity index (χ0v) is 15.5. The highest BCUT2D eigenvalue weighted by Crippen LogP contribution is 2.26. The number of aliphatic hydroxyl groups is 1. The molecule has 1 heterocycles. The van der Waals surface area contributed by atoms with Crippen LogP contribution in [0.2, 0.25) is 0 Å². The van der Waals surface area contributed by atoms with Crippen molar-refractivity contribution in [2.75, 3.05) is 0 Å². The Morgan fingerprint density at radius 1 is 1.11 bits per heavy atom. The molecular weight excluding hydrogens is 354 g/mol. The monoisotopic (exact) mass is 383 g/mol. The average molecular weight is 383 g/mol. The molecule has 4 amide bonds. The number of unbranched alkanes of at least 4 members (excludes halogenated alkanes) is 3. The number of imide groups is 1. The average Bonchev–Trinajstić information content (AvgIpc) is 2.91. The van der Waals surface area contributed by atoms with Crippen LogP contribution in [-0.2, 0) is 14.4 Å². The lowest BCUT2D eigenvalue weighted by atomic mass is 9.85. The Morgan fingerprint density at radius 3 is 2.44 bits per heavy atom. The van der Waals surface area contributed by atoms with Crippen molar-refractivity contribution < 1.29 is 29.4 Å². The summed E-state index contributed by atoms with van der Waals surface area (Å²) in [5, 5.41) is 22.0. The van der Waals surface area contributed by atoms with Crippen molar-refractivity contribution in [3.05, 3.63) is 0 Å². The van der Waals surface area contributed by atoms with Gasteiger partial charge in [0, 0.05) is 6.42 Å². The van der Waals surface area contributed by atoms with Crippen molar-refractivity contribution in [1.29, 1.82) is 0 Å². The first kappa shape index (κ1) is 21.1. The number of aliphatic hydroxyl groups excluding tert-OH is 1. The van der Waals surface area contributed by atoms with Crippen LogP contribution in [0.5, 0.6) is 0 Å². The van der Waals surface area contributed by atoms with E-state index in [9.17, 15) is 24.3 Å². The van der Waals surface area contributed by atoms with Crippen LogP contribution in [-0.4, -0.2) is 51.2 Å². The number of carboxylic acids is 1. The van der Waals surface area contributed by atoms with Crippen LogP contribution >= 0.6 is 0 Å². The van der Waals surface area contributed by atoms with Crippen LogP contribution in [0.25, 0.3) is 0 Å². The number of aliphatic carboxylic acids is 1. The number of carbonyl (C=O) groups excluding carboxylic acids is 3. The fourth-order valence-corrected chi connectivity index (χ4v) is 3.71. The lowest BCUT2D eigenvalue weighted by Crippen LogP contribution is -2.53. The van der Waals surface area contributed by atoms with Gasteiger partial charge in [-0.1, -0.05) is 38.5 Å². The summed E-state index contributed by atoms with van der Waals surface area (Å²) in [4.78, 5) is 46.8. The number of hydrogen-bond donors (Lipinski definition) is 4. The number of carbonyl (C=O) groups is 4. The summed E-state index contributed by atoms with van der Waals surface area (Å²) in [6, 6.07) is -1.50. The number of rotatable bonds is 10. The molecule has 2 aliphatic rings. The third-order valence-corrected chi connectivity index (χ3v) is 5.28. The maximum Gasteiger partial charge on any atom is 0.343 e. The van der Waals surface area contributed by atoms with Crippen molar-refractivity contribution in [2.24, 2.45) is 5.92 Å². The molecule has 0 aromatic rings. The molecule has 0 bridgehead atoms. The molecule has 0 radical (unpaired) electrons. The fourth-order valence-electron chi connectivity index (χ4n) is 3.71. The quantitative estimate of drug-likeness (QED) is 0.332. The Bertz CT molecular complexity index is 561. The maximum absolute atomic E-state index is 12.3. The van der Waals surface area contributed by atoms with Crippen LogP contribution < -0.4 is 10.7 Å². The molecule has 0 aromatic carbocycles. The predicted octanol–water partition coefficient (Wildman–Crippen LogP) is 1.30. The van der Waals surface area contributed by atoms with Gasteiger partial charge in [0.15, 0.2) is 0 Å². The Balaban J connectivity index is 1.81. The largest absolute Gasteiger partial charge is 0.481 e. The van der Waals surface area contributed by atoms with E-state index in [-0.39, 0.29) is 12.3 Å². The summed E-state index contributed by atoms with van der Waals surface area (Å²) in [6.07, 6.45) is 6.55. The predicted molar refractivity (Wildman–Crippen MR) is 95.2 cm³/mol. The first-order chi connectivity index (χ1) is 12.9. The molecule has 9 nitrogen and oxygen atoms in total. The van der Waals surface area contributed by atoms with Gasteiger partial charge in [-0.05, 0) is 31.6 Å². The number of amides is 4. The first-order valence-corrected chi connectivity index (χ1v) is 9.74. The van der Waals surface area contributed by atoms with Crippen LogP contribution in [0.1, 0.15) is 70.6 Å². The maximum atomic E-state index is 12.3. The number of carboxylic acid groups (broad SMARTS) is 1. The topological polar surface area (TPSA) is 136 Å². The van der Waals surface area contributed by atoms with Gasteiger partial charge in [0.1, 0.15) is 12.1 Å². The highest BCUT2D eigenvalue weighted by atomic mass is 16.4. The molecule has 1 aliphatic heterocycles. The fraction of sp³-hybridized carbons (Fsp3) is 0.778. The second kappa shape index (κ2) is 10.2. The van der Waals surface area contributed by atoms with E-state index >= 15 is 0 Å². The van der Waals surface area contributed by atoms with Gasteiger partial charge in [0.05, 0.1) is 0 Å². The van der Waals surface area contributed by atoms with Crippen LogP contribution in [0, 0.1) is 5.92 Å². The molecule has 1 saturated heterocycles. The number of hydrogen-bond acceptors (Lipinski definition) is 5. The van der Waals surface area contributed by atoms with E-state index in [1.165, 1.54) is 0 Å². The standard InChI is InChI=1S/C18H29N3O6/c22-14(23)11-7-2-1-6-10-13-16(25)19-18(27)21(13)20-17(26)15(24)12-8-4-3-5-9-12/h12-13,15,24H,1-11H2,(H,20,26)(H,22,23)(H,19,25,27)/t13-,15+/m0/s1. The molecule has 2 fully saturated rings. The number of urea groups is 1. The van der Waals surface area contributed by atoms with Gasteiger partial charge in [-0.15, -0.1) is 0 Å². The molecule has 0 aromatic heterocycles. The molecule has 1 aliphatic carbocycles. The van der Waals surface area contributed by atoms with E-state index in [1.54, 1.807) is 0 Å². The van der Waals surface area contributed by atoms with Crippen LogP contribution in [0.15, 0.2) is 0 Å². The van der Waals surface area contributed by atoms with Crippen molar-refractivity contribution in [1.82, 2.24) is 15.8 Å². The molecule has 0 unspecified atom stereocenters. The number of nitrogens with one attached hydrogen (secondary N) is 2. The van der Waals surface area contributed by atoms with Gasteiger partial charge >= 0.3 is 12.0 Å². The van der Waals surface area contributed by atoms with Gasteiger partial charge < -0.3 is 10.2 Å². The second-order valence-corrected chi connectivity index (χ2v) is 7.35. The Morgan fingerprint density at radius 2 is 1.78 bits per heavy atom. The minimum Gasteiger partial charge on any atom is -0.481 e. The molecule has 9 heteroatoms. The summed E-state index contributed by atoms with van der Waals surface area (Å²) >= 11 is 0. The Kier molecular flexibility index (Phi) is 8.02. The minimum atomic E-state index is -1.19. The minimum absolute atomic E-state index is 0.115. The lowest BCUT2D eigenvalue weighted by molar-refractivity contribution is -0.138. The van der Waals surface area contributed by atoms with Gasteiger partial charge in [-0.3, -0.25) is 25.1 Å². The third kappa shape index (κ3) is 6.20. The molecule has 1 saturated carbocycles. The third-order valence-electron chi connectivity index (χ3n) is 5.28. The molecule has 0 spiro atoms. The SMILES string of the molecule is O=C(O)CCCCCC[C@H]1C(=O)NC(=O)N1NC(=O)[C@H](O)C1CCCCC1. The zero-order chi connectivity index (χ0) is 19.8.